The van der Waals surface area contributed by atoms with Crippen molar-refractivity contribution in [3.05, 3.63) is 71.0 Å². The third-order valence-corrected chi connectivity index (χ3v) is 6.33. The van der Waals surface area contributed by atoms with Crippen molar-refractivity contribution in [2.24, 2.45) is 0 Å². The van der Waals surface area contributed by atoms with Crippen LogP contribution in [-0.2, 0) is 4.74 Å². The minimum atomic E-state index is -0.196. The molecule has 28 heavy (non-hydrogen) atoms. The molecule has 3 aromatic rings. The van der Waals surface area contributed by atoms with E-state index in [0.717, 1.165) is 42.1 Å². The van der Waals surface area contributed by atoms with E-state index in [1.165, 1.54) is 5.56 Å². The first-order chi connectivity index (χ1) is 13.8. The zero-order valence-corrected chi connectivity index (χ0v) is 16.2. The van der Waals surface area contributed by atoms with Gasteiger partial charge in [0.2, 0.25) is 0 Å². The minimum absolute atomic E-state index is 0.196. The molecule has 2 aromatic carbocycles. The minimum Gasteiger partial charge on any atom is -0.372 e. The lowest BCUT2D eigenvalue weighted by atomic mass is 9.77. The molecular formula is C21H22ClN5O. The van der Waals surface area contributed by atoms with Crippen LogP contribution in [0.2, 0.25) is 5.02 Å². The standard InChI is InChI=1S/C21H22ClN5O/c22-19-8-7-17(27-14-24-25-26-27)11-18(19)16-12-21(28-13-16)9-4-10-23-20(21)15-5-2-1-3-6-15/h1-3,5-8,11,14,16,20,23H,4,9-10,12-13H2. The third kappa shape index (κ3) is 3.11. The lowest BCUT2D eigenvalue weighted by Crippen LogP contribution is -2.48. The molecule has 6 nitrogen and oxygen atoms in total. The number of hydrogen-bond acceptors (Lipinski definition) is 5. The zero-order chi connectivity index (χ0) is 19.0. The van der Waals surface area contributed by atoms with E-state index in [4.69, 9.17) is 16.3 Å². The molecule has 1 spiro atoms. The van der Waals surface area contributed by atoms with E-state index in [0.29, 0.717) is 6.61 Å². The van der Waals surface area contributed by atoms with Crippen molar-refractivity contribution in [1.29, 1.82) is 0 Å². The zero-order valence-electron chi connectivity index (χ0n) is 15.5. The number of ether oxygens (including phenoxy) is 1. The first kappa shape index (κ1) is 17.8. The van der Waals surface area contributed by atoms with Gasteiger partial charge in [-0.15, -0.1) is 5.10 Å². The average Bonchev–Trinajstić information content (AvgIpc) is 3.41. The van der Waals surface area contributed by atoms with E-state index in [1.807, 2.05) is 12.1 Å². The van der Waals surface area contributed by atoms with Gasteiger partial charge in [-0.1, -0.05) is 41.9 Å². The molecule has 1 aromatic heterocycles. The summed E-state index contributed by atoms with van der Waals surface area (Å²) in [4.78, 5) is 0. The normalized spacial score (nSPS) is 27.3. The molecule has 3 unspecified atom stereocenters. The number of benzene rings is 2. The maximum absolute atomic E-state index is 6.59. The van der Waals surface area contributed by atoms with E-state index >= 15 is 0 Å². The summed E-state index contributed by atoms with van der Waals surface area (Å²) in [6.07, 6.45) is 4.71. The van der Waals surface area contributed by atoms with Crippen molar-refractivity contribution < 1.29 is 4.74 Å². The molecule has 0 radical (unpaired) electrons. The fraction of sp³-hybridized carbons (Fsp3) is 0.381. The largest absolute Gasteiger partial charge is 0.372 e. The Morgan fingerprint density at radius 2 is 2.07 bits per heavy atom. The Kier molecular flexibility index (Phi) is 4.62. The lowest BCUT2D eigenvalue weighted by molar-refractivity contribution is -0.0484. The molecule has 7 heteroatoms. The molecule has 3 atom stereocenters. The van der Waals surface area contributed by atoms with Crippen LogP contribution in [-0.4, -0.2) is 39.0 Å². The smallest absolute Gasteiger partial charge is 0.143 e. The van der Waals surface area contributed by atoms with Crippen LogP contribution in [0, 0.1) is 0 Å². The number of tetrazole rings is 1. The summed E-state index contributed by atoms with van der Waals surface area (Å²) in [5, 5.41) is 15.9. The summed E-state index contributed by atoms with van der Waals surface area (Å²) in [6, 6.07) is 16.8. The van der Waals surface area contributed by atoms with Gasteiger partial charge in [-0.3, -0.25) is 0 Å². The number of nitrogens with one attached hydrogen (secondary N) is 1. The number of aromatic nitrogens is 4. The third-order valence-electron chi connectivity index (χ3n) is 5.98. The van der Waals surface area contributed by atoms with Gasteiger partial charge in [0.25, 0.3) is 0 Å². The predicted octanol–water partition coefficient (Wildman–Crippen LogP) is 3.68. The van der Waals surface area contributed by atoms with Gasteiger partial charge in [0.05, 0.1) is 23.9 Å². The quantitative estimate of drug-likeness (QED) is 0.732. The van der Waals surface area contributed by atoms with Gasteiger partial charge in [0, 0.05) is 10.9 Å². The van der Waals surface area contributed by atoms with Crippen LogP contribution in [0.25, 0.3) is 5.69 Å². The van der Waals surface area contributed by atoms with Gasteiger partial charge >= 0.3 is 0 Å². The van der Waals surface area contributed by atoms with Gasteiger partial charge in [-0.05, 0) is 65.6 Å². The Labute approximate surface area is 168 Å². The highest BCUT2D eigenvalue weighted by Gasteiger charge is 2.48. The maximum Gasteiger partial charge on any atom is 0.143 e. The van der Waals surface area contributed by atoms with Crippen molar-refractivity contribution in [2.75, 3.05) is 13.2 Å². The van der Waals surface area contributed by atoms with E-state index < -0.39 is 0 Å². The number of hydrogen-bond donors (Lipinski definition) is 1. The highest BCUT2D eigenvalue weighted by atomic mass is 35.5. The van der Waals surface area contributed by atoms with Crippen LogP contribution < -0.4 is 5.32 Å². The summed E-state index contributed by atoms with van der Waals surface area (Å²) in [7, 11) is 0. The second kappa shape index (κ2) is 7.28. The van der Waals surface area contributed by atoms with Gasteiger partial charge in [-0.2, -0.15) is 0 Å². The highest BCUT2D eigenvalue weighted by Crippen LogP contribution is 2.49. The second-order valence-corrected chi connectivity index (χ2v) is 8.05. The molecule has 144 valence electrons. The molecule has 0 aliphatic carbocycles. The molecular weight excluding hydrogens is 374 g/mol. The summed E-state index contributed by atoms with van der Waals surface area (Å²) in [5.74, 6) is 0.245. The summed E-state index contributed by atoms with van der Waals surface area (Å²) in [5.41, 5.74) is 3.10. The molecule has 2 fully saturated rings. The van der Waals surface area contributed by atoms with Gasteiger partial charge in [0.1, 0.15) is 6.33 Å². The van der Waals surface area contributed by atoms with Gasteiger partial charge in [-0.25, -0.2) is 4.68 Å². The van der Waals surface area contributed by atoms with Crippen LogP contribution in [0.3, 0.4) is 0 Å². The second-order valence-electron chi connectivity index (χ2n) is 7.64. The van der Waals surface area contributed by atoms with Crippen molar-refractivity contribution in [1.82, 2.24) is 25.5 Å². The fourth-order valence-corrected chi connectivity index (χ4v) is 4.95. The number of rotatable bonds is 3. The van der Waals surface area contributed by atoms with E-state index in [1.54, 1.807) is 11.0 Å². The SMILES string of the molecule is Clc1ccc(-n2cnnn2)cc1C1COC2(CCCNC2c2ccccc2)C1. The Balaban J connectivity index is 1.46. The fourth-order valence-electron chi connectivity index (χ4n) is 4.67. The van der Waals surface area contributed by atoms with Crippen LogP contribution >= 0.6 is 11.6 Å². The van der Waals surface area contributed by atoms with Crippen molar-refractivity contribution in [3.8, 4) is 5.69 Å². The van der Waals surface area contributed by atoms with Crippen LogP contribution in [0.4, 0.5) is 0 Å². The first-order valence-corrected chi connectivity index (χ1v) is 10.1. The van der Waals surface area contributed by atoms with E-state index in [9.17, 15) is 0 Å². The maximum atomic E-state index is 6.59. The molecule has 2 saturated heterocycles. The predicted molar refractivity (Wildman–Crippen MR) is 107 cm³/mol. The van der Waals surface area contributed by atoms with Crippen LogP contribution in [0.5, 0.6) is 0 Å². The Hall–Kier alpha value is -2.28. The molecule has 1 N–H and O–H groups in total. The first-order valence-electron chi connectivity index (χ1n) is 9.70. The van der Waals surface area contributed by atoms with Crippen molar-refractivity contribution in [3.63, 3.8) is 0 Å². The topological polar surface area (TPSA) is 64.9 Å². The van der Waals surface area contributed by atoms with Gasteiger partial charge in [0.15, 0.2) is 0 Å². The highest BCUT2D eigenvalue weighted by molar-refractivity contribution is 6.31. The van der Waals surface area contributed by atoms with Crippen molar-refractivity contribution >= 4 is 11.6 Å². The lowest BCUT2D eigenvalue weighted by Gasteiger charge is -2.41. The van der Waals surface area contributed by atoms with E-state index in [2.05, 4.69) is 57.2 Å². The van der Waals surface area contributed by atoms with Crippen molar-refractivity contribution in [2.45, 2.75) is 36.8 Å². The number of halogens is 1. The van der Waals surface area contributed by atoms with Crippen LogP contribution in [0.15, 0.2) is 54.9 Å². The average molecular weight is 396 g/mol. The van der Waals surface area contributed by atoms with Crippen LogP contribution in [0.1, 0.15) is 42.3 Å². The summed E-state index contributed by atoms with van der Waals surface area (Å²) < 4.78 is 8.19. The van der Waals surface area contributed by atoms with Gasteiger partial charge < -0.3 is 10.1 Å². The molecule has 2 aliphatic heterocycles. The monoisotopic (exact) mass is 395 g/mol. The summed E-state index contributed by atoms with van der Waals surface area (Å²) in [6.45, 7) is 1.69. The van der Waals surface area contributed by atoms with E-state index in [-0.39, 0.29) is 17.6 Å². The molecule has 2 aliphatic rings. The molecule has 5 rings (SSSR count). The molecule has 0 amide bonds. The molecule has 3 heterocycles. The Morgan fingerprint density at radius 3 is 2.89 bits per heavy atom. The Morgan fingerprint density at radius 1 is 1.18 bits per heavy atom. The Bertz CT molecular complexity index is 949. The molecule has 0 saturated carbocycles. The molecule has 0 bridgehead atoms. The number of piperidine rings is 1. The number of nitrogens with zero attached hydrogens (tertiary/aromatic N) is 4. The summed E-state index contributed by atoms with van der Waals surface area (Å²) >= 11 is 6.59.